The lowest BCUT2D eigenvalue weighted by Crippen LogP contribution is -2.37. The van der Waals surface area contributed by atoms with Crippen molar-refractivity contribution in [1.82, 2.24) is 0 Å². The van der Waals surface area contributed by atoms with Gasteiger partial charge in [0.05, 0.1) is 0 Å². The summed E-state index contributed by atoms with van der Waals surface area (Å²) < 4.78 is 14.5. The topological polar surface area (TPSA) is 20.9 Å². The minimum Gasteiger partial charge on any atom is -0.287 e. The number of aryl methyl sites for hydroxylation is 1. The van der Waals surface area contributed by atoms with Crippen molar-refractivity contribution in [2.24, 2.45) is 0 Å². The van der Waals surface area contributed by atoms with E-state index >= 15 is 0 Å². The number of aromatic nitrogens is 1. The van der Waals surface area contributed by atoms with Gasteiger partial charge in [-0.1, -0.05) is 0 Å². The molecule has 18 heavy (non-hydrogen) atoms. The van der Waals surface area contributed by atoms with E-state index in [1.165, 1.54) is 24.3 Å². The van der Waals surface area contributed by atoms with Crippen molar-refractivity contribution < 1.29 is 13.8 Å². The predicted octanol–water partition coefficient (Wildman–Crippen LogP) is 2.88. The number of carbonyl (C=O) groups excluding carboxylic acids is 1. The van der Waals surface area contributed by atoms with Gasteiger partial charge in [0, 0.05) is 17.7 Å². The standard InChI is InChI=1S/C14H13FNO.BrH/c1-11-6-8-16(9-7-11)10-14(17)12-2-4-13(15)5-3-12;/h2-9H,10H2,1H3;1H/q+1;. The molecule has 0 saturated heterocycles. The summed E-state index contributed by atoms with van der Waals surface area (Å²) in [5.41, 5.74) is 1.68. The van der Waals surface area contributed by atoms with Gasteiger partial charge >= 0.3 is 0 Å². The first-order chi connectivity index (χ1) is 8.15. The number of ketones is 1. The number of halogens is 2. The van der Waals surface area contributed by atoms with Crippen LogP contribution in [-0.2, 0) is 6.54 Å². The SMILES string of the molecule is Br.Cc1cc[n+](CC(=O)c2ccc(F)cc2)cc1. The van der Waals surface area contributed by atoms with Crippen LogP contribution in [0, 0.1) is 12.7 Å². The summed E-state index contributed by atoms with van der Waals surface area (Å²) in [7, 11) is 0. The molecule has 0 aliphatic carbocycles. The molecule has 0 atom stereocenters. The Labute approximate surface area is 116 Å². The van der Waals surface area contributed by atoms with Crippen molar-refractivity contribution in [1.29, 1.82) is 0 Å². The van der Waals surface area contributed by atoms with E-state index < -0.39 is 0 Å². The fraction of sp³-hybridized carbons (Fsp3) is 0.143. The number of rotatable bonds is 3. The Bertz CT molecular complexity index is 522. The average Bonchev–Trinajstić information content (AvgIpc) is 2.33. The maximum absolute atomic E-state index is 12.7. The van der Waals surface area contributed by atoms with Gasteiger partial charge in [0.25, 0.3) is 0 Å². The van der Waals surface area contributed by atoms with Crippen LogP contribution in [0.1, 0.15) is 15.9 Å². The maximum Gasteiger partial charge on any atom is 0.227 e. The van der Waals surface area contributed by atoms with Crippen molar-refractivity contribution in [3.8, 4) is 0 Å². The number of hydrogen-bond acceptors (Lipinski definition) is 1. The van der Waals surface area contributed by atoms with Crippen LogP contribution in [0.15, 0.2) is 48.8 Å². The van der Waals surface area contributed by atoms with Crippen LogP contribution in [0.5, 0.6) is 0 Å². The quantitative estimate of drug-likeness (QED) is 0.631. The molecule has 4 heteroatoms. The first-order valence-electron chi connectivity index (χ1n) is 5.39. The van der Waals surface area contributed by atoms with Gasteiger partial charge < -0.3 is 0 Å². The summed E-state index contributed by atoms with van der Waals surface area (Å²) in [6.07, 6.45) is 3.72. The molecule has 0 amide bonds. The highest BCUT2D eigenvalue weighted by molar-refractivity contribution is 8.93. The molecular weight excluding hydrogens is 297 g/mol. The third-order valence-corrected chi connectivity index (χ3v) is 2.55. The molecule has 0 bridgehead atoms. The van der Waals surface area contributed by atoms with E-state index in [-0.39, 0.29) is 35.1 Å². The second kappa shape index (κ2) is 6.40. The number of nitrogens with zero attached hydrogens (tertiary/aromatic N) is 1. The normalized spacial score (nSPS) is 9.67. The molecule has 0 N–H and O–H groups in total. The van der Waals surface area contributed by atoms with E-state index in [1.54, 1.807) is 4.57 Å². The van der Waals surface area contributed by atoms with Crippen molar-refractivity contribution in [2.75, 3.05) is 0 Å². The van der Waals surface area contributed by atoms with Gasteiger partial charge in [-0.2, -0.15) is 4.57 Å². The van der Waals surface area contributed by atoms with Crippen LogP contribution in [0.3, 0.4) is 0 Å². The summed E-state index contributed by atoms with van der Waals surface area (Å²) in [6.45, 7) is 2.26. The van der Waals surface area contributed by atoms with E-state index in [1.807, 2.05) is 31.5 Å². The molecule has 0 spiro atoms. The molecular formula is C14H14BrFNO+. The van der Waals surface area contributed by atoms with Gasteiger partial charge in [-0.3, -0.25) is 4.79 Å². The molecule has 2 rings (SSSR count). The van der Waals surface area contributed by atoms with Crippen LogP contribution in [0.25, 0.3) is 0 Å². The van der Waals surface area contributed by atoms with Crippen LogP contribution in [0.4, 0.5) is 4.39 Å². The second-order valence-electron chi connectivity index (χ2n) is 3.98. The first-order valence-corrected chi connectivity index (χ1v) is 5.39. The number of hydrogen-bond donors (Lipinski definition) is 0. The summed E-state index contributed by atoms with van der Waals surface area (Å²) >= 11 is 0. The molecule has 0 saturated carbocycles. The fourth-order valence-electron chi connectivity index (χ4n) is 1.53. The Hall–Kier alpha value is -1.55. The molecule has 0 radical (unpaired) electrons. The third-order valence-electron chi connectivity index (χ3n) is 2.55. The van der Waals surface area contributed by atoms with E-state index in [4.69, 9.17) is 0 Å². The summed E-state index contributed by atoms with van der Waals surface area (Å²) in [5, 5.41) is 0. The second-order valence-corrected chi connectivity index (χ2v) is 3.98. The van der Waals surface area contributed by atoms with Crippen molar-refractivity contribution in [2.45, 2.75) is 13.5 Å². The fourth-order valence-corrected chi connectivity index (χ4v) is 1.53. The zero-order valence-electron chi connectivity index (χ0n) is 9.97. The highest BCUT2D eigenvalue weighted by Crippen LogP contribution is 2.03. The molecule has 0 unspecified atom stereocenters. The van der Waals surface area contributed by atoms with Crippen molar-refractivity contribution in [3.63, 3.8) is 0 Å². The summed E-state index contributed by atoms with van der Waals surface area (Å²) in [4.78, 5) is 11.9. The molecule has 94 valence electrons. The zero-order valence-corrected chi connectivity index (χ0v) is 11.7. The third kappa shape index (κ3) is 3.74. The number of pyridine rings is 1. The van der Waals surface area contributed by atoms with Gasteiger partial charge in [-0.15, -0.1) is 17.0 Å². The minimum absolute atomic E-state index is 0. The lowest BCUT2D eigenvalue weighted by Gasteiger charge is -1.98. The van der Waals surface area contributed by atoms with Gasteiger partial charge in [-0.05, 0) is 36.8 Å². The lowest BCUT2D eigenvalue weighted by atomic mass is 10.1. The molecule has 2 aromatic rings. The Balaban J connectivity index is 0.00000162. The van der Waals surface area contributed by atoms with Gasteiger partial charge in [0.1, 0.15) is 5.82 Å². The minimum atomic E-state index is -0.329. The highest BCUT2D eigenvalue weighted by Gasteiger charge is 2.11. The van der Waals surface area contributed by atoms with E-state index in [0.29, 0.717) is 5.56 Å². The molecule has 0 aliphatic rings. The molecule has 1 aromatic heterocycles. The summed E-state index contributed by atoms with van der Waals surface area (Å²) in [6, 6.07) is 9.49. The maximum atomic E-state index is 12.7. The Morgan fingerprint density at radius 3 is 2.22 bits per heavy atom. The van der Waals surface area contributed by atoms with Crippen LogP contribution in [-0.4, -0.2) is 5.78 Å². The molecule has 2 nitrogen and oxygen atoms in total. The van der Waals surface area contributed by atoms with Crippen LogP contribution < -0.4 is 4.57 Å². The van der Waals surface area contributed by atoms with Crippen molar-refractivity contribution in [3.05, 3.63) is 65.7 Å². The number of carbonyl (C=O) groups is 1. The van der Waals surface area contributed by atoms with Crippen LogP contribution >= 0.6 is 17.0 Å². The Morgan fingerprint density at radius 1 is 1.11 bits per heavy atom. The van der Waals surface area contributed by atoms with E-state index in [2.05, 4.69) is 0 Å². The molecule has 1 aromatic carbocycles. The first kappa shape index (κ1) is 14.5. The Morgan fingerprint density at radius 2 is 1.67 bits per heavy atom. The number of Topliss-reactive ketones (excluding diaryl/α,β-unsaturated/α-hetero) is 1. The van der Waals surface area contributed by atoms with E-state index in [9.17, 15) is 9.18 Å². The monoisotopic (exact) mass is 310 g/mol. The van der Waals surface area contributed by atoms with Gasteiger partial charge in [0.2, 0.25) is 12.3 Å². The molecule has 0 aliphatic heterocycles. The smallest absolute Gasteiger partial charge is 0.227 e. The summed E-state index contributed by atoms with van der Waals surface area (Å²) in [5.74, 6) is -0.358. The van der Waals surface area contributed by atoms with Crippen LogP contribution in [0.2, 0.25) is 0 Å². The van der Waals surface area contributed by atoms with Crippen molar-refractivity contribution >= 4 is 22.8 Å². The molecule has 1 heterocycles. The van der Waals surface area contributed by atoms with Gasteiger partial charge in [-0.25, -0.2) is 4.39 Å². The largest absolute Gasteiger partial charge is 0.287 e. The number of benzene rings is 1. The predicted molar refractivity (Wildman–Crippen MR) is 72.4 cm³/mol. The lowest BCUT2D eigenvalue weighted by molar-refractivity contribution is -0.683. The average molecular weight is 311 g/mol. The molecule has 0 fully saturated rings. The highest BCUT2D eigenvalue weighted by atomic mass is 79.9. The van der Waals surface area contributed by atoms with Gasteiger partial charge in [0.15, 0.2) is 12.4 Å². The Kier molecular flexibility index (Phi) is 5.16. The van der Waals surface area contributed by atoms with E-state index in [0.717, 1.165) is 5.56 Å². The zero-order chi connectivity index (χ0) is 12.3.